The highest BCUT2D eigenvalue weighted by Gasteiger charge is 2.24. The van der Waals surface area contributed by atoms with Gasteiger partial charge in [-0.15, -0.1) is 0 Å². The van der Waals surface area contributed by atoms with Crippen molar-refractivity contribution in [2.75, 3.05) is 17.6 Å². The van der Waals surface area contributed by atoms with Gasteiger partial charge in [0.1, 0.15) is 10.7 Å². The van der Waals surface area contributed by atoms with E-state index < -0.39 is 0 Å². The van der Waals surface area contributed by atoms with Crippen molar-refractivity contribution < 1.29 is 9.90 Å². The minimum Gasteiger partial charge on any atom is -0.393 e. The maximum atomic E-state index is 12.2. The summed E-state index contributed by atoms with van der Waals surface area (Å²) in [4.78, 5) is 16.8. The molecule has 0 aromatic carbocycles. The fourth-order valence-electron chi connectivity index (χ4n) is 2.53. The molecule has 2 rings (SSSR count). The standard InChI is InChI=1S/C14H24N4O2S/c1-8(2)17-14-18-12(15)11(21-14)13(20)16-7-9-5-3-4-6-10(9)19/h8-10,19H,3-7,15H2,1-2H3,(H,16,20)(H,17,18). The van der Waals surface area contributed by atoms with E-state index in [9.17, 15) is 9.90 Å². The molecule has 1 fully saturated rings. The first-order chi connectivity index (χ1) is 9.97. The molecule has 2 atom stereocenters. The average Bonchev–Trinajstić information content (AvgIpc) is 2.77. The molecule has 5 N–H and O–H groups in total. The Morgan fingerprint density at radius 1 is 1.48 bits per heavy atom. The van der Waals surface area contributed by atoms with Gasteiger partial charge in [0.15, 0.2) is 5.13 Å². The summed E-state index contributed by atoms with van der Waals surface area (Å²) in [6.07, 6.45) is 3.65. The molecule has 1 aliphatic carbocycles. The molecule has 2 unspecified atom stereocenters. The number of rotatable bonds is 5. The van der Waals surface area contributed by atoms with Gasteiger partial charge in [0.2, 0.25) is 0 Å². The van der Waals surface area contributed by atoms with Crippen molar-refractivity contribution in [2.45, 2.75) is 51.7 Å². The van der Waals surface area contributed by atoms with E-state index in [2.05, 4.69) is 15.6 Å². The molecule has 0 aliphatic heterocycles. The first-order valence-corrected chi connectivity index (χ1v) is 8.28. The number of hydrogen-bond donors (Lipinski definition) is 4. The lowest BCUT2D eigenvalue weighted by Gasteiger charge is -2.27. The summed E-state index contributed by atoms with van der Waals surface area (Å²) in [7, 11) is 0. The summed E-state index contributed by atoms with van der Waals surface area (Å²) < 4.78 is 0. The lowest BCUT2D eigenvalue weighted by atomic mass is 9.86. The molecule has 1 saturated carbocycles. The first kappa shape index (κ1) is 16.0. The molecular weight excluding hydrogens is 288 g/mol. The number of aliphatic hydroxyl groups is 1. The van der Waals surface area contributed by atoms with Crippen molar-refractivity contribution >= 4 is 28.2 Å². The smallest absolute Gasteiger partial charge is 0.265 e. The van der Waals surface area contributed by atoms with Crippen molar-refractivity contribution in [2.24, 2.45) is 5.92 Å². The lowest BCUT2D eigenvalue weighted by Crippen LogP contribution is -2.36. The fourth-order valence-corrected chi connectivity index (χ4v) is 3.48. The minimum atomic E-state index is -0.309. The quantitative estimate of drug-likeness (QED) is 0.664. The van der Waals surface area contributed by atoms with E-state index in [-0.39, 0.29) is 29.8 Å². The van der Waals surface area contributed by atoms with Gasteiger partial charge in [0.25, 0.3) is 5.91 Å². The molecule has 1 aliphatic rings. The summed E-state index contributed by atoms with van der Waals surface area (Å²) in [5.74, 6) is 0.189. The second-order valence-electron chi connectivity index (χ2n) is 5.85. The number of nitrogens with two attached hydrogens (primary N) is 1. The van der Waals surface area contributed by atoms with Crippen LogP contribution in [0.5, 0.6) is 0 Å². The predicted octanol–water partition coefficient (Wildman–Crippen LogP) is 1.83. The number of nitrogens with zero attached hydrogens (tertiary/aromatic N) is 1. The van der Waals surface area contributed by atoms with Gasteiger partial charge in [-0.25, -0.2) is 4.98 Å². The molecule has 118 valence electrons. The molecule has 1 aromatic rings. The van der Waals surface area contributed by atoms with Crippen LogP contribution in [0.3, 0.4) is 0 Å². The Morgan fingerprint density at radius 2 is 2.19 bits per heavy atom. The van der Waals surface area contributed by atoms with Crippen LogP contribution in [0.1, 0.15) is 49.2 Å². The highest BCUT2D eigenvalue weighted by Crippen LogP contribution is 2.26. The van der Waals surface area contributed by atoms with Gasteiger partial charge in [-0.1, -0.05) is 24.2 Å². The summed E-state index contributed by atoms with van der Waals surface area (Å²) in [5, 5.41) is 16.6. The number of nitrogens with one attached hydrogen (secondary N) is 2. The van der Waals surface area contributed by atoms with Crippen LogP contribution in [0.15, 0.2) is 0 Å². The van der Waals surface area contributed by atoms with Gasteiger partial charge in [-0.05, 0) is 26.7 Å². The molecule has 6 nitrogen and oxygen atoms in total. The maximum Gasteiger partial charge on any atom is 0.265 e. The Kier molecular flexibility index (Phi) is 5.41. The molecule has 1 amide bonds. The van der Waals surface area contributed by atoms with E-state index in [1.54, 1.807) is 0 Å². The third kappa shape index (κ3) is 4.31. The molecule has 1 heterocycles. The van der Waals surface area contributed by atoms with Crippen molar-refractivity contribution in [1.82, 2.24) is 10.3 Å². The number of thiazole rings is 1. The summed E-state index contributed by atoms with van der Waals surface area (Å²) >= 11 is 1.26. The van der Waals surface area contributed by atoms with Gasteiger partial charge in [0, 0.05) is 18.5 Å². The Bertz CT molecular complexity index is 489. The third-order valence-electron chi connectivity index (χ3n) is 3.67. The van der Waals surface area contributed by atoms with E-state index in [4.69, 9.17) is 5.73 Å². The minimum absolute atomic E-state index is 0.144. The normalized spacial score (nSPS) is 22.3. The van der Waals surface area contributed by atoms with Crippen LogP contribution < -0.4 is 16.4 Å². The maximum absolute atomic E-state index is 12.2. The van der Waals surface area contributed by atoms with Crippen LogP contribution in [-0.4, -0.2) is 34.7 Å². The SMILES string of the molecule is CC(C)Nc1nc(N)c(C(=O)NCC2CCCCC2O)s1. The first-order valence-electron chi connectivity index (χ1n) is 7.46. The topological polar surface area (TPSA) is 100 Å². The molecule has 7 heteroatoms. The van der Waals surface area contributed by atoms with Crippen LogP contribution in [-0.2, 0) is 0 Å². The van der Waals surface area contributed by atoms with Gasteiger partial charge in [-0.3, -0.25) is 4.79 Å². The number of carbonyl (C=O) groups excluding carboxylic acids is 1. The number of aliphatic hydroxyl groups excluding tert-OH is 1. The summed E-state index contributed by atoms with van der Waals surface area (Å²) in [5.41, 5.74) is 5.80. The Balaban J connectivity index is 1.92. The molecule has 0 bridgehead atoms. The van der Waals surface area contributed by atoms with Crippen LogP contribution >= 0.6 is 11.3 Å². The number of carbonyl (C=O) groups is 1. The number of aromatic nitrogens is 1. The van der Waals surface area contributed by atoms with Crippen molar-refractivity contribution in [3.8, 4) is 0 Å². The largest absolute Gasteiger partial charge is 0.393 e. The number of amides is 1. The number of anilines is 2. The molecular formula is C14H24N4O2S. The lowest BCUT2D eigenvalue weighted by molar-refractivity contribution is 0.0664. The zero-order valence-corrected chi connectivity index (χ0v) is 13.4. The van der Waals surface area contributed by atoms with Gasteiger partial charge < -0.3 is 21.5 Å². The molecule has 0 radical (unpaired) electrons. The van der Waals surface area contributed by atoms with Gasteiger partial charge in [0.05, 0.1) is 6.10 Å². The Morgan fingerprint density at radius 3 is 2.86 bits per heavy atom. The van der Waals surface area contributed by atoms with E-state index in [1.807, 2.05) is 13.8 Å². The van der Waals surface area contributed by atoms with Gasteiger partial charge >= 0.3 is 0 Å². The van der Waals surface area contributed by atoms with Crippen LogP contribution in [0, 0.1) is 5.92 Å². The van der Waals surface area contributed by atoms with E-state index in [0.29, 0.717) is 16.6 Å². The van der Waals surface area contributed by atoms with Crippen molar-refractivity contribution in [3.05, 3.63) is 4.88 Å². The molecule has 0 spiro atoms. The zero-order valence-electron chi connectivity index (χ0n) is 12.6. The number of hydrogen-bond acceptors (Lipinski definition) is 6. The van der Waals surface area contributed by atoms with Crippen LogP contribution in [0.4, 0.5) is 10.9 Å². The number of nitrogen functional groups attached to an aromatic ring is 1. The average molecular weight is 312 g/mol. The highest BCUT2D eigenvalue weighted by atomic mass is 32.1. The van der Waals surface area contributed by atoms with E-state index in [1.165, 1.54) is 11.3 Å². The van der Waals surface area contributed by atoms with Gasteiger partial charge in [-0.2, -0.15) is 0 Å². The Labute approximate surface area is 129 Å². The highest BCUT2D eigenvalue weighted by molar-refractivity contribution is 7.18. The van der Waals surface area contributed by atoms with Crippen LogP contribution in [0.2, 0.25) is 0 Å². The molecule has 1 aromatic heterocycles. The molecule has 0 saturated heterocycles. The van der Waals surface area contributed by atoms with Crippen LogP contribution in [0.25, 0.3) is 0 Å². The van der Waals surface area contributed by atoms with E-state index >= 15 is 0 Å². The van der Waals surface area contributed by atoms with Crippen molar-refractivity contribution in [3.63, 3.8) is 0 Å². The predicted molar refractivity (Wildman–Crippen MR) is 85.6 cm³/mol. The fraction of sp³-hybridized carbons (Fsp3) is 0.714. The zero-order chi connectivity index (χ0) is 15.4. The third-order valence-corrected chi connectivity index (χ3v) is 4.67. The molecule has 21 heavy (non-hydrogen) atoms. The van der Waals surface area contributed by atoms with Crippen molar-refractivity contribution in [1.29, 1.82) is 0 Å². The van der Waals surface area contributed by atoms with E-state index in [0.717, 1.165) is 25.7 Å². The summed E-state index contributed by atoms with van der Waals surface area (Å²) in [6.45, 7) is 4.49. The summed E-state index contributed by atoms with van der Waals surface area (Å²) in [6, 6.07) is 0.240. The monoisotopic (exact) mass is 312 g/mol. The second kappa shape index (κ2) is 7.09. The Hall–Kier alpha value is -1.34. The second-order valence-corrected chi connectivity index (χ2v) is 6.85.